The molecule has 1 aliphatic rings. The van der Waals surface area contributed by atoms with Gasteiger partial charge in [0.25, 0.3) is 0 Å². The fraction of sp³-hybridized carbons (Fsp3) is 0.824. The number of aliphatic carboxylic acids is 1. The predicted molar refractivity (Wildman–Crippen MR) is 92.7 cm³/mol. The molecule has 2 amide bonds. The third-order valence-corrected chi connectivity index (χ3v) is 4.32. The number of carbonyl (C=O) groups excluding carboxylic acids is 2. The molecule has 150 valence electrons. The van der Waals surface area contributed by atoms with Gasteiger partial charge in [-0.05, 0) is 37.0 Å². The van der Waals surface area contributed by atoms with Gasteiger partial charge in [-0.1, -0.05) is 20.8 Å². The van der Waals surface area contributed by atoms with Gasteiger partial charge in [0.15, 0.2) is 6.61 Å². The zero-order chi connectivity index (χ0) is 20.0. The van der Waals surface area contributed by atoms with Crippen molar-refractivity contribution in [2.45, 2.75) is 59.1 Å². The van der Waals surface area contributed by atoms with Crippen molar-refractivity contribution in [3.05, 3.63) is 0 Å². The molecular weight excluding hydrogens is 344 g/mol. The lowest BCUT2D eigenvalue weighted by Gasteiger charge is -2.46. The normalized spacial score (nSPS) is 25.7. The summed E-state index contributed by atoms with van der Waals surface area (Å²) in [6.07, 6.45) is 0.263. The fourth-order valence-corrected chi connectivity index (χ4v) is 3.76. The minimum Gasteiger partial charge on any atom is -0.479 e. The number of nitrogens with one attached hydrogen (secondary N) is 2. The molecule has 9 heteroatoms. The molecule has 3 unspecified atom stereocenters. The van der Waals surface area contributed by atoms with Crippen LogP contribution in [-0.4, -0.2) is 60.3 Å². The van der Waals surface area contributed by atoms with Crippen molar-refractivity contribution < 1.29 is 34.1 Å². The van der Waals surface area contributed by atoms with Crippen LogP contribution in [0.5, 0.6) is 0 Å². The van der Waals surface area contributed by atoms with Gasteiger partial charge < -0.3 is 30.3 Å². The van der Waals surface area contributed by atoms with E-state index in [1.54, 1.807) is 6.92 Å². The molecule has 0 aromatic carbocycles. The van der Waals surface area contributed by atoms with Crippen molar-refractivity contribution in [1.82, 2.24) is 10.6 Å². The standard InChI is InChI=1S/C17H30N2O7/c1-11(7-20)26-15(24)19-12-5-16(2,3)9-17(4,6-12)10-18-14(23)25-8-13(21)22/h11-12,20H,5-10H2,1-4H3,(H,18,23)(H,19,24)(H,21,22). The van der Waals surface area contributed by atoms with Gasteiger partial charge in [-0.2, -0.15) is 0 Å². The quantitative estimate of drug-likeness (QED) is 0.530. The van der Waals surface area contributed by atoms with E-state index >= 15 is 0 Å². The average molecular weight is 374 g/mol. The summed E-state index contributed by atoms with van der Waals surface area (Å²) in [5.74, 6) is -1.22. The largest absolute Gasteiger partial charge is 0.479 e. The Labute approximate surface area is 153 Å². The number of alkyl carbamates (subject to hydrolysis) is 2. The third-order valence-electron chi connectivity index (χ3n) is 4.32. The monoisotopic (exact) mass is 374 g/mol. The van der Waals surface area contributed by atoms with Gasteiger partial charge in [0.2, 0.25) is 0 Å². The van der Waals surface area contributed by atoms with Crippen LogP contribution in [-0.2, 0) is 14.3 Å². The van der Waals surface area contributed by atoms with Crippen molar-refractivity contribution in [2.75, 3.05) is 19.8 Å². The zero-order valence-corrected chi connectivity index (χ0v) is 15.8. The second kappa shape index (κ2) is 9.07. The zero-order valence-electron chi connectivity index (χ0n) is 15.8. The summed E-state index contributed by atoms with van der Waals surface area (Å²) in [5.41, 5.74) is -0.370. The van der Waals surface area contributed by atoms with Crippen LogP contribution < -0.4 is 10.6 Å². The van der Waals surface area contributed by atoms with E-state index in [9.17, 15) is 14.4 Å². The molecule has 4 N–H and O–H groups in total. The minimum atomic E-state index is -1.22. The number of aliphatic hydroxyl groups is 1. The lowest BCUT2D eigenvalue weighted by molar-refractivity contribution is -0.140. The van der Waals surface area contributed by atoms with Gasteiger partial charge in [0, 0.05) is 12.6 Å². The van der Waals surface area contributed by atoms with E-state index < -0.39 is 30.9 Å². The minimum absolute atomic E-state index is 0.0693. The highest BCUT2D eigenvalue weighted by Gasteiger charge is 2.42. The number of ether oxygens (including phenoxy) is 2. The van der Waals surface area contributed by atoms with Crippen molar-refractivity contribution in [3.63, 3.8) is 0 Å². The smallest absolute Gasteiger partial charge is 0.407 e. The summed E-state index contributed by atoms with van der Waals surface area (Å²) in [4.78, 5) is 34.0. The average Bonchev–Trinajstić information content (AvgIpc) is 2.48. The Morgan fingerprint density at radius 2 is 1.85 bits per heavy atom. The van der Waals surface area contributed by atoms with Crippen LogP contribution in [0.2, 0.25) is 0 Å². The Balaban J connectivity index is 2.62. The summed E-state index contributed by atoms with van der Waals surface area (Å²) in [5, 5.41) is 22.9. The first-order chi connectivity index (χ1) is 11.9. The summed E-state index contributed by atoms with van der Waals surface area (Å²) in [6, 6.07) is -0.140. The second-order valence-electron chi connectivity index (χ2n) is 8.12. The van der Waals surface area contributed by atoms with E-state index in [1.165, 1.54) is 0 Å². The van der Waals surface area contributed by atoms with Gasteiger partial charge in [-0.3, -0.25) is 0 Å². The topological polar surface area (TPSA) is 134 Å². The number of hydrogen-bond acceptors (Lipinski definition) is 6. The maximum absolute atomic E-state index is 11.9. The molecule has 0 spiro atoms. The van der Waals surface area contributed by atoms with Gasteiger partial charge >= 0.3 is 18.2 Å². The first-order valence-electron chi connectivity index (χ1n) is 8.65. The van der Waals surface area contributed by atoms with E-state index in [0.29, 0.717) is 13.0 Å². The molecule has 0 radical (unpaired) electrons. The molecule has 3 atom stereocenters. The number of rotatable bonds is 7. The van der Waals surface area contributed by atoms with Gasteiger partial charge in [0.1, 0.15) is 6.10 Å². The number of aliphatic hydroxyl groups excluding tert-OH is 1. The second-order valence-corrected chi connectivity index (χ2v) is 8.12. The van der Waals surface area contributed by atoms with E-state index in [-0.39, 0.29) is 23.5 Å². The van der Waals surface area contributed by atoms with E-state index in [0.717, 1.165) is 12.8 Å². The van der Waals surface area contributed by atoms with E-state index in [4.69, 9.17) is 14.9 Å². The number of amides is 2. The van der Waals surface area contributed by atoms with Crippen LogP contribution in [0.4, 0.5) is 9.59 Å². The molecule has 0 bridgehead atoms. The summed E-state index contributed by atoms with van der Waals surface area (Å²) < 4.78 is 9.62. The number of hydrogen-bond donors (Lipinski definition) is 4. The fourth-order valence-electron chi connectivity index (χ4n) is 3.76. The Kier molecular flexibility index (Phi) is 7.68. The lowest BCUT2D eigenvalue weighted by Crippen LogP contribution is -2.50. The Morgan fingerprint density at radius 1 is 1.19 bits per heavy atom. The van der Waals surface area contributed by atoms with Crippen LogP contribution in [0.1, 0.15) is 47.0 Å². The molecule has 1 fully saturated rings. The first-order valence-corrected chi connectivity index (χ1v) is 8.65. The molecule has 0 heterocycles. The maximum Gasteiger partial charge on any atom is 0.407 e. The third kappa shape index (κ3) is 7.90. The predicted octanol–water partition coefficient (Wildman–Crippen LogP) is 1.49. The molecule has 0 aromatic rings. The van der Waals surface area contributed by atoms with Crippen molar-refractivity contribution >= 4 is 18.2 Å². The molecule has 0 aromatic heterocycles. The Bertz CT molecular complexity index is 523. The highest BCUT2D eigenvalue weighted by Crippen LogP contribution is 2.45. The molecule has 1 rings (SSSR count). The van der Waals surface area contributed by atoms with Crippen LogP contribution in [0.25, 0.3) is 0 Å². The van der Waals surface area contributed by atoms with Crippen LogP contribution in [0.3, 0.4) is 0 Å². The van der Waals surface area contributed by atoms with Gasteiger partial charge in [-0.25, -0.2) is 14.4 Å². The number of carbonyl (C=O) groups is 3. The first kappa shape index (κ1) is 22.0. The lowest BCUT2D eigenvalue weighted by atomic mass is 9.62. The summed E-state index contributed by atoms with van der Waals surface area (Å²) >= 11 is 0. The van der Waals surface area contributed by atoms with E-state index in [1.807, 2.05) is 6.92 Å². The molecule has 9 nitrogen and oxygen atoms in total. The van der Waals surface area contributed by atoms with Crippen molar-refractivity contribution in [1.29, 1.82) is 0 Å². The molecule has 1 saturated carbocycles. The van der Waals surface area contributed by atoms with Crippen LogP contribution in [0, 0.1) is 10.8 Å². The number of carboxylic acids is 1. The Hall–Kier alpha value is -2.03. The molecular formula is C17H30N2O7. The molecule has 0 saturated heterocycles. The molecule has 26 heavy (non-hydrogen) atoms. The maximum atomic E-state index is 11.9. The van der Waals surface area contributed by atoms with Crippen LogP contribution in [0.15, 0.2) is 0 Å². The molecule has 1 aliphatic carbocycles. The highest BCUT2D eigenvalue weighted by atomic mass is 16.6. The van der Waals surface area contributed by atoms with Crippen molar-refractivity contribution in [3.8, 4) is 0 Å². The van der Waals surface area contributed by atoms with Crippen molar-refractivity contribution in [2.24, 2.45) is 10.8 Å². The summed E-state index contributed by atoms with van der Waals surface area (Å²) in [6.45, 7) is 7.14. The van der Waals surface area contributed by atoms with E-state index in [2.05, 4.69) is 29.2 Å². The highest BCUT2D eigenvalue weighted by molar-refractivity contribution is 5.74. The number of carboxylic acid groups (broad SMARTS) is 1. The van der Waals surface area contributed by atoms with Gasteiger partial charge in [0.05, 0.1) is 6.61 Å². The SMILES string of the molecule is CC(CO)OC(=O)NC1CC(C)(C)CC(C)(CNC(=O)OCC(=O)O)C1. The summed E-state index contributed by atoms with van der Waals surface area (Å²) in [7, 11) is 0. The molecule has 0 aliphatic heterocycles. The Morgan fingerprint density at radius 3 is 2.42 bits per heavy atom. The van der Waals surface area contributed by atoms with Crippen LogP contribution >= 0.6 is 0 Å². The van der Waals surface area contributed by atoms with Gasteiger partial charge in [-0.15, -0.1) is 0 Å².